The van der Waals surface area contributed by atoms with Crippen LogP contribution in [0.3, 0.4) is 0 Å². The summed E-state index contributed by atoms with van der Waals surface area (Å²) in [5.74, 6) is 1.51. The second-order valence-electron chi connectivity index (χ2n) is 5.80. The molecule has 0 fully saturated rings. The number of benzene rings is 1. The van der Waals surface area contributed by atoms with Crippen LogP contribution in [0.5, 0.6) is 0 Å². The Bertz CT molecular complexity index is 613. The zero-order chi connectivity index (χ0) is 16.1. The molecule has 0 saturated carbocycles. The van der Waals surface area contributed by atoms with Crippen LogP contribution in [-0.2, 0) is 12.8 Å². The van der Waals surface area contributed by atoms with E-state index in [9.17, 15) is 0 Å². The van der Waals surface area contributed by atoms with Crippen LogP contribution in [0.4, 0.5) is 17.5 Å². The van der Waals surface area contributed by atoms with Crippen LogP contribution in [0.1, 0.15) is 44.5 Å². The van der Waals surface area contributed by atoms with Crippen LogP contribution in [-0.4, -0.2) is 16.0 Å². The van der Waals surface area contributed by atoms with Crippen LogP contribution in [0.15, 0.2) is 24.3 Å². The van der Waals surface area contributed by atoms with Crippen molar-refractivity contribution in [1.82, 2.24) is 9.97 Å². The van der Waals surface area contributed by atoms with Crippen LogP contribution in [0.25, 0.3) is 0 Å². The molecule has 118 valence electrons. The first kappa shape index (κ1) is 16.3. The van der Waals surface area contributed by atoms with Gasteiger partial charge in [0.2, 0.25) is 5.95 Å². The van der Waals surface area contributed by atoms with Crippen molar-refractivity contribution in [1.29, 1.82) is 0 Å². The van der Waals surface area contributed by atoms with E-state index in [1.165, 1.54) is 16.8 Å². The molecule has 2 rings (SSSR count). The molecule has 0 saturated heterocycles. The van der Waals surface area contributed by atoms with Gasteiger partial charge in [-0.05, 0) is 44.7 Å². The second kappa shape index (κ2) is 7.25. The Kier molecular flexibility index (Phi) is 5.36. The van der Waals surface area contributed by atoms with E-state index >= 15 is 0 Å². The third-order valence-electron chi connectivity index (χ3n) is 3.52. The molecule has 0 unspecified atom stereocenters. The van der Waals surface area contributed by atoms with Gasteiger partial charge < -0.3 is 10.6 Å². The fraction of sp³-hybridized carbons (Fsp3) is 0.444. The Morgan fingerprint density at radius 3 is 2.23 bits per heavy atom. The van der Waals surface area contributed by atoms with E-state index in [0.29, 0.717) is 12.0 Å². The van der Waals surface area contributed by atoms with Crippen molar-refractivity contribution in [3.8, 4) is 0 Å². The molecule has 22 heavy (non-hydrogen) atoms. The smallest absolute Gasteiger partial charge is 0.225 e. The van der Waals surface area contributed by atoms with Gasteiger partial charge >= 0.3 is 0 Å². The second-order valence-corrected chi connectivity index (χ2v) is 5.80. The number of nitrogens with one attached hydrogen (secondary N) is 2. The normalized spacial score (nSPS) is 10.8. The van der Waals surface area contributed by atoms with Gasteiger partial charge in [0.05, 0.1) is 0 Å². The maximum Gasteiger partial charge on any atom is 0.225 e. The minimum absolute atomic E-state index is 0.309. The average molecular weight is 298 g/mol. The van der Waals surface area contributed by atoms with E-state index in [1.807, 2.05) is 13.0 Å². The van der Waals surface area contributed by atoms with Gasteiger partial charge in [-0.25, -0.2) is 4.98 Å². The van der Waals surface area contributed by atoms with Gasteiger partial charge in [0.1, 0.15) is 5.82 Å². The number of hydrogen-bond donors (Lipinski definition) is 2. The summed E-state index contributed by atoms with van der Waals surface area (Å²) in [7, 11) is 0. The summed E-state index contributed by atoms with van der Waals surface area (Å²) in [6.07, 6.45) is 1.99. The number of anilines is 3. The monoisotopic (exact) mass is 298 g/mol. The van der Waals surface area contributed by atoms with Crippen molar-refractivity contribution in [2.75, 3.05) is 10.6 Å². The molecular formula is C18H26N4. The Labute approximate surface area is 133 Å². The first-order chi connectivity index (χ1) is 10.5. The maximum absolute atomic E-state index is 4.59. The Morgan fingerprint density at radius 2 is 1.68 bits per heavy atom. The highest BCUT2D eigenvalue weighted by atomic mass is 15.2. The SMILES string of the molecule is CCc1cccc(CC)c1Nc1cc(C)nc(NC(C)C)n1. The highest BCUT2D eigenvalue weighted by molar-refractivity contribution is 5.66. The molecule has 0 aliphatic carbocycles. The van der Waals surface area contributed by atoms with Crippen molar-refractivity contribution in [2.24, 2.45) is 0 Å². The average Bonchev–Trinajstić information content (AvgIpc) is 2.46. The summed E-state index contributed by atoms with van der Waals surface area (Å²) in [6.45, 7) is 10.5. The molecule has 0 spiro atoms. The Balaban J connectivity index is 2.36. The molecule has 0 bridgehead atoms. The molecule has 0 aliphatic heterocycles. The molecule has 2 aromatic rings. The lowest BCUT2D eigenvalue weighted by atomic mass is 10.0. The van der Waals surface area contributed by atoms with Crippen molar-refractivity contribution in [2.45, 2.75) is 53.5 Å². The molecule has 4 nitrogen and oxygen atoms in total. The zero-order valence-electron chi connectivity index (χ0n) is 14.2. The van der Waals surface area contributed by atoms with Gasteiger partial charge in [-0.3, -0.25) is 0 Å². The van der Waals surface area contributed by atoms with Crippen molar-refractivity contribution >= 4 is 17.5 Å². The van der Waals surface area contributed by atoms with Gasteiger partial charge in [-0.2, -0.15) is 4.98 Å². The molecule has 1 aromatic heterocycles. The molecule has 0 amide bonds. The molecule has 0 aliphatic rings. The van der Waals surface area contributed by atoms with E-state index in [1.54, 1.807) is 0 Å². The predicted molar refractivity (Wildman–Crippen MR) is 94.0 cm³/mol. The minimum Gasteiger partial charge on any atom is -0.352 e. The number of aryl methyl sites for hydroxylation is 3. The zero-order valence-corrected chi connectivity index (χ0v) is 14.2. The highest BCUT2D eigenvalue weighted by Crippen LogP contribution is 2.26. The summed E-state index contributed by atoms with van der Waals surface area (Å²) >= 11 is 0. The van der Waals surface area contributed by atoms with E-state index in [4.69, 9.17) is 0 Å². The number of aromatic nitrogens is 2. The summed E-state index contributed by atoms with van der Waals surface area (Å²) in [5.41, 5.74) is 4.76. The summed E-state index contributed by atoms with van der Waals surface area (Å²) < 4.78 is 0. The largest absolute Gasteiger partial charge is 0.352 e. The summed E-state index contributed by atoms with van der Waals surface area (Å²) in [6, 6.07) is 8.76. The topological polar surface area (TPSA) is 49.8 Å². The Hall–Kier alpha value is -2.10. The van der Waals surface area contributed by atoms with Crippen LogP contribution in [0.2, 0.25) is 0 Å². The standard InChI is InChI=1S/C18H26N4/c1-6-14-9-8-10-15(7-2)17(14)21-16-11-13(5)20-18(22-16)19-12(3)4/h8-12H,6-7H2,1-5H3,(H2,19,20,21,22). The van der Waals surface area contributed by atoms with E-state index in [2.05, 4.69) is 66.5 Å². The van der Waals surface area contributed by atoms with Gasteiger partial charge in [-0.1, -0.05) is 32.0 Å². The molecule has 4 heteroatoms. The lowest BCUT2D eigenvalue weighted by Gasteiger charge is -2.16. The molecule has 1 aromatic carbocycles. The number of hydrogen-bond acceptors (Lipinski definition) is 4. The fourth-order valence-electron chi connectivity index (χ4n) is 2.49. The van der Waals surface area contributed by atoms with Crippen molar-refractivity contribution < 1.29 is 0 Å². The summed E-state index contributed by atoms with van der Waals surface area (Å²) in [5, 5.41) is 6.77. The lowest BCUT2D eigenvalue weighted by Crippen LogP contribution is -2.13. The molecule has 0 radical (unpaired) electrons. The fourth-order valence-corrected chi connectivity index (χ4v) is 2.49. The van der Waals surface area contributed by atoms with Crippen molar-refractivity contribution in [3.63, 3.8) is 0 Å². The lowest BCUT2D eigenvalue weighted by molar-refractivity contribution is 0.871. The van der Waals surface area contributed by atoms with Crippen LogP contribution < -0.4 is 10.6 Å². The quantitative estimate of drug-likeness (QED) is 0.826. The maximum atomic E-state index is 4.59. The minimum atomic E-state index is 0.309. The van der Waals surface area contributed by atoms with Gasteiger partial charge in [0, 0.05) is 23.5 Å². The van der Waals surface area contributed by atoms with E-state index in [-0.39, 0.29) is 0 Å². The van der Waals surface area contributed by atoms with Crippen molar-refractivity contribution in [3.05, 3.63) is 41.1 Å². The molecule has 1 heterocycles. The third-order valence-corrected chi connectivity index (χ3v) is 3.52. The number of para-hydroxylation sites is 1. The van der Waals surface area contributed by atoms with Gasteiger partial charge in [0.25, 0.3) is 0 Å². The molecule has 0 atom stereocenters. The van der Waals surface area contributed by atoms with Gasteiger partial charge in [-0.15, -0.1) is 0 Å². The van der Waals surface area contributed by atoms with E-state index < -0.39 is 0 Å². The predicted octanol–water partition coefficient (Wildman–Crippen LogP) is 4.47. The first-order valence-corrected chi connectivity index (χ1v) is 8.03. The van der Waals surface area contributed by atoms with Gasteiger partial charge in [0.15, 0.2) is 0 Å². The highest BCUT2D eigenvalue weighted by Gasteiger charge is 2.09. The van der Waals surface area contributed by atoms with E-state index in [0.717, 1.165) is 24.4 Å². The Morgan fingerprint density at radius 1 is 1.05 bits per heavy atom. The van der Waals surface area contributed by atoms with Crippen LogP contribution >= 0.6 is 0 Å². The molecule has 2 N–H and O–H groups in total. The number of rotatable bonds is 6. The van der Waals surface area contributed by atoms with Crippen LogP contribution in [0, 0.1) is 6.92 Å². The first-order valence-electron chi connectivity index (χ1n) is 8.03. The molecular weight excluding hydrogens is 272 g/mol. The summed E-state index contributed by atoms with van der Waals surface area (Å²) in [4.78, 5) is 9.03. The third kappa shape index (κ3) is 3.97. The number of nitrogens with zero attached hydrogens (tertiary/aromatic N) is 2.